The molecule has 0 atom stereocenters. The molecule has 4 nitrogen and oxygen atoms in total. The van der Waals surface area contributed by atoms with Crippen LogP contribution in [-0.2, 0) is 4.79 Å². The van der Waals surface area contributed by atoms with Gasteiger partial charge in [0.05, 0.1) is 4.91 Å². The van der Waals surface area contributed by atoms with Gasteiger partial charge in [-0.05, 0) is 48.2 Å². The maximum absolute atomic E-state index is 11.8. The van der Waals surface area contributed by atoms with Gasteiger partial charge in [0.15, 0.2) is 0 Å². The Labute approximate surface area is 130 Å². The van der Waals surface area contributed by atoms with Crippen LogP contribution >= 0.6 is 23.4 Å². The first-order valence-corrected chi connectivity index (χ1v) is 7.31. The highest BCUT2D eigenvalue weighted by Gasteiger charge is 2.32. The fourth-order valence-corrected chi connectivity index (χ4v) is 2.81. The van der Waals surface area contributed by atoms with Crippen molar-refractivity contribution in [1.82, 2.24) is 4.90 Å². The summed E-state index contributed by atoms with van der Waals surface area (Å²) < 4.78 is 5.68. The first kappa shape index (κ1) is 14.0. The average Bonchev–Trinajstić information content (AvgIpc) is 3.02. The number of carbonyl (C=O) groups is 2. The lowest BCUT2D eigenvalue weighted by Gasteiger charge is -2.00. The number of rotatable bonds is 2. The number of amides is 2. The zero-order valence-electron chi connectivity index (χ0n) is 11.0. The third kappa shape index (κ3) is 2.75. The van der Waals surface area contributed by atoms with Gasteiger partial charge in [-0.15, -0.1) is 0 Å². The predicted molar refractivity (Wildman–Crippen MR) is 82.9 cm³/mol. The topological polar surface area (TPSA) is 50.5 Å². The largest absolute Gasteiger partial charge is 0.457 e. The van der Waals surface area contributed by atoms with Crippen LogP contribution in [0.5, 0.6) is 0 Å². The number of likely N-dealkylation sites (N-methyl/N-ethyl adjacent to an activating group) is 1. The van der Waals surface area contributed by atoms with E-state index < -0.39 is 0 Å². The Morgan fingerprint density at radius 3 is 2.48 bits per heavy atom. The first-order chi connectivity index (χ1) is 10.0. The molecule has 0 spiro atoms. The minimum absolute atomic E-state index is 0.282. The molecule has 2 amide bonds. The van der Waals surface area contributed by atoms with Crippen LogP contribution in [0.25, 0.3) is 17.4 Å². The van der Waals surface area contributed by atoms with Crippen molar-refractivity contribution >= 4 is 40.6 Å². The van der Waals surface area contributed by atoms with E-state index >= 15 is 0 Å². The van der Waals surface area contributed by atoms with Crippen LogP contribution in [-0.4, -0.2) is 23.1 Å². The van der Waals surface area contributed by atoms with Crippen molar-refractivity contribution in [2.45, 2.75) is 0 Å². The van der Waals surface area contributed by atoms with Crippen LogP contribution < -0.4 is 0 Å². The molecule has 1 aliphatic rings. The highest BCUT2D eigenvalue weighted by molar-refractivity contribution is 8.18. The number of nitrogens with zero attached hydrogens (tertiary/aromatic N) is 1. The highest BCUT2D eigenvalue weighted by atomic mass is 35.5. The van der Waals surface area contributed by atoms with Crippen molar-refractivity contribution in [3.8, 4) is 11.3 Å². The second-order valence-corrected chi connectivity index (χ2v) is 5.88. The molecule has 0 radical (unpaired) electrons. The summed E-state index contributed by atoms with van der Waals surface area (Å²) in [7, 11) is 1.46. The maximum atomic E-state index is 11.8. The third-order valence-electron chi connectivity index (χ3n) is 3.02. The van der Waals surface area contributed by atoms with Gasteiger partial charge in [-0.25, -0.2) is 0 Å². The van der Waals surface area contributed by atoms with Gasteiger partial charge < -0.3 is 4.42 Å². The molecule has 2 heterocycles. The quantitative estimate of drug-likeness (QED) is 0.776. The van der Waals surface area contributed by atoms with Crippen molar-refractivity contribution in [1.29, 1.82) is 0 Å². The summed E-state index contributed by atoms with van der Waals surface area (Å²) >= 11 is 6.75. The molecule has 1 saturated heterocycles. The number of hydrogen-bond acceptors (Lipinski definition) is 4. The second kappa shape index (κ2) is 5.42. The monoisotopic (exact) mass is 319 g/mol. The molecule has 1 aromatic heterocycles. The summed E-state index contributed by atoms with van der Waals surface area (Å²) in [6.07, 6.45) is 1.58. The minimum Gasteiger partial charge on any atom is -0.457 e. The molecule has 1 aliphatic heterocycles. The van der Waals surface area contributed by atoms with Crippen molar-refractivity contribution in [2.24, 2.45) is 0 Å². The Balaban J connectivity index is 1.87. The fourth-order valence-electron chi connectivity index (χ4n) is 1.87. The van der Waals surface area contributed by atoms with Gasteiger partial charge >= 0.3 is 0 Å². The van der Waals surface area contributed by atoms with E-state index in [1.807, 2.05) is 18.2 Å². The molecule has 0 unspecified atom stereocenters. The molecule has 1 aromatic carbocycles. The van der Waals surface area contributed by atoms with E-state index in [2.05, 4.69) is 0 Å². The Hall–Kier alpha value is -1.98. The van der Waals surface area contributed by atoms with E-state index in [0.717, 1.165) is 22.2 Å². The lowest BCUT2D eigenvalue weighted by molar-refractivity contribution is -0.121. The first-order valence-electron chi connectivity index (χ1n) is 6.12. The van der Waals surface area contributed by atoms with Gasteiger partial charge in [-0.3, -0.25) is 14.5 Å². The number of halogens is 1. The summed E-state index contributed by atoms with van der Waals surface area (Å²) in [4.78, 5) is 24.7. The highest BCUT2D eigenvalue weighted by Crippen LogP contribution is 2.32. The summed E-state index contributed by atoms with van der Waals surface area (Å²) in [5.41, 5.74) is 0.891. The number of carbonyl (C=O) groups excluding carboxylic acids is 2. The summed E-state index contributed by atoms with van der Waals surface area (Å²) in [6.45, 7) is 0. The maximum Gasteiger partial charge on any atom is 0.293 e. The van der Waals surface area contributed by atoms with Gasteiger partial charge in [0.2, 0.25) is 0 Å². The number of imide groups is 1. The van der Waals surface area contributed by atoms with Crippen molar-refractivity contribution < 1.29 is 14.0 Å². The SMILES string of the molecule is CN1C(=O)S/C(=C/c2ccc(-c3ccc(Cl)cc3)o2)C1=O. The van der Waals surface area contributed by atoms with Crippen LogP contribution in [0.3, 0.4) is 0 Å². The van der Waals surface area contributed by atoms with Crippen molar-refractivity contribution in [2.75, 3.05) is 7.05 Å². The molecule has 0 saturated carbocycles. The van der Waals surface area contributed by atoms with Gasteiger partial charge in [0.25, 0.3) is 11.1 Å². The standard InChI is InChI=1S/C15H10ClNO3S/c1-17-14(18)13(21-15(17)19)8-11-6-7-12(20-11)9-2-4-10(16)5-3-9/h2-8H,1H3/b13-8+. The molecule has 2 aromatic rings. The third-order valence-corrected chi connectivity index (χ3v) is 4.23. The summed E-state index contributed by atoms with van der Waals surface area (Å²) in [5, 5.41) is 0.373. The van der Waals surface area contributed by atoms with Crippen LogP contribution in [0, 0.1) is 0 Å². The Kier molecular flexibility index (Phi) is 3.61. The molecular weight excluding hydrogens is 310 g/mol. The molecular formula is C15H10ClNO3S. The Bertz CT molecular complexity index is 749. The summed E-state index contributed by atoms with van der Waals surface area (Å²) in [6, 6.07) is 10.8. The number of furan rings is 1. The van der Waals surface area contributed by atoms with Crippen LogP contribution in [0.15, 0.2) is 45.7 Å². The zero-order valence-corrected chi connectivity index (χ0v) is 12.6. The molecule has 1 fully saturated rings. The van der Waals surface area contributed by atoms with E-state index in [9.17, 15) is 9.59 Å². The van der Waals surface area contributed by atoms with Gasteiger partial charge in [0, 0.05) is 23.7 Å². The van der Waals surface area contributed by atoms with Gasteiger partial charge in [0.1, 0.15) is 11.5 Å². The van der Waals surface area contributed by atoms with E-state index in [-0.39, 0.29) is 11.1 Å². The smallest absolute Gasteiger partial charge is 0.293 e. The Morgan fingerprint density at radius 2 is 1.86 bits per heavy atom. The molecule has 21 heavy (non-hydrogen) atoms. The lowest BCUT2D eigenvalue weighted by Crippen LogP contribution is -2.22. The number of benzene rings is 1. The van der Waals surface area contributed by atoms with Crippen LogP contribution in [0.4, 0.5) is 4.79 Å². The van der Waals surface area contributed by atoms with E-state index in [4.69, 9.17) is 16.0 Å². The summed E-state index contributed by atoms with van der Waals surface area (Å²) in [5.74, 6) is 0.891. The van der Waals surface area contributed by atoms with Crippen LogP contribution in [0.2, 0.25) is 5.02 Å². The van der Waals surface area contributed by atoms with Crippen molar-refractivity contribution in [3.63, 3.8) is 0 Å². The Morgan fingerprint density at radius 1 is 1.14 bits per heavy atom. The van der Waals surface area contributed by atoms with E-state index in [1.165, 1.54) is 7.05 Å². The molecule has 0 aliphatic carbocycles. The van der Waals surface area contributed by atoms with Crippen molar-refractivity contribution in [3.05, 3.63) is 52.1 Å². The second-order valence-electron chi connectivity index (χ2n) is 4.45. The normalized spacial score (nSPS) is 17.0. The molecule has 0 bridgehead atoms. The molecule has 3 rings (SSSR count). The van der Waals surface area contributed by atoms with E-state index in [0.29, 0.717) is 21.4 Å². The minimum atomic E-state index is -0.311. The predicted octanol–water partition coefficient (Wildman–Crippen LogP) is 4.27. The fraction of sp³-hybridized carbons (Fsp3) is 0.0667. The number of thioether (sulfide) groups is 1. The molecule has 6 heteroatoms. The molecule has 0 N–H and O–H groups in total. The zero-order chi connectivity index (χ0) is 15.0. The average molecular weight is 320 g/mol. The van der Waals surface area contributed by atoms with Gasteiger partial charge in [-0.2, -0.15) is 0 Å². The number of hydrogen-bond donors (Lipinski definition) is 0. The van der Waals surface area contributed by atoms with Crippen LogP contribution in [0.1, 0.15) is 5.76 Å². The van der Waals surface area contributed by atoms with E-state index in [1.54, 1.807) is 24.3 Å². The van der Waals surface area contributed by atoms with Gasteiger partial charge in [-0.1, -0.05) is 11.6 Å². The lowest BCUT2D eigenvalue weighted by atomic mass is 10.2. The molecule has 106 valence electrons.